The van der Waals surface area contributed by atoms with Gasteiger partial charge in [-0.15, -0.1) is 0 Å². The minimum absolute atomic E-state index is 0.113. The number of hydrogen-bond acceptors (Lipinski definition) is 2. The SMILES string of the molecule is CC(C)c1ccccc1NC(=O)c1c[nH]c2ccccc2c1=O. The fourth-order valence-corrected chi connectivity index (χ4v) is 2.64. The van der Waals surface area contributed by atoms with E-state index in [4.69, 9.17) is 0 Å². The van der Waals surface area contributed by atoms with Crippen LogP contribution in [-0.4, -0.2) is 10.9 Å². The summed E-state index contributed by atoms with van der Waals surface area (Å²) in [6, 6.07) is 14.8. The summed E-state index contributed by atoms with van der Waals surface area (Å²) < 4.78 is 0. The molecule has 1 heterocycles. The number of rotatable bonds is 3. The highest BCUT2D eigenvalue weighted by Crippen LogP contribution is 2.24. The van der Waals surface area contributed by atoms with Crippen molar-refractivity contribution in [2.45, 2.75) is 19.8 Å². The van der Waals surface area contributed by atoms with Gasteiger partial charge in [-0.3, -0.25) is 9.59 Å². The lowest BCUT2D eigenvalue weighted by atomic mass is 10.0. The molecule has 0 saturated carbocycles. The molecule has 0 aliphatic rings. The Kier molecular flexibility index (Phi) is 3.98. The first-order valence-corrected chi connectivity index (χ1v) is 7.58. The maximum absolute atomic E-state index is 12.5. The van der Waals surface area contributed by atoms with Crippen LogP contribution < -0.4 is 10.7 Å². The average molecular weight is 306 g/mol. The van der Waals surface area contributed by atoms with Crippen LogP contribution in [0.3, 0.4) is 0 Å². The molecule has 4 heteroatoms. The van der Waals surface area contributed by atoms with E-state index in [1.165, 1.54) is 6.20 Å². The summed E-state index contributed by atoms with van der Waals surface area (Å²) in [4.78, 5) is 28.0. The van der Waals surface area contributed by atoms with Gasteiger partial charge in [0.2, 0.25) is 5.43 Å². The fourth-order valence-electron chi connectivity index (χ4n) is 2.64. The number of carbonyl (C=O) groups excluding carboxylic acids is 1. The lowest BCUT2D eigenvalue weighted by molar-refractivity contribution is 0.102. The predicted octanol–water partition coefficient (Wildman–Crippen LogP) is 3.90. The Morgan fingerprint density at radius 3 is 2.52 bits per heavy atom. The van der Waals surface area contributed by atoms with Crippen molar-refractivity contribution in [3.8, 4) is 0 Å². The van der Waals surface area contributed by atoms with Crippen LogP contribution in [0.2, 0.25) is 0 Å². The van der Waals surface area contributed by atoms with E-state index in [-0.39, 0.29) is 16.9 Å². The topological polar surface area (TPSA) is 62.0 Å². The highest BCUT2D eigenvalue weighted by atomic mass is 16.2. The summed E-state index contributed by atoms with van der Waals surface area (Å²) in [5.41, 5.74) is 2.34. The van der Waals surface area contributed by atoms with E-state index in [0.29, 0.717) is 5.39 Å². The standard InChI is InChI=1S/C19H18N2O2/c1-12(2)13-7-3-6-10-17(13)21-19(23)15-11-20-16-9-5-4-8-14(16)18(15)22/h3-12H,1-2H3,(H,20,22)(H,21,23). The van der Waals surface area contributed by atoms with Gasteiger partial charge >= 0.3 is 0 Å². The number of anilines is 1. The van der Waals surface area contributed by atoms with Gasteiger partial charge < -0.3 is 10.3 Å². The van der Waals surface area contributed by atoms with Crippen molar-refractivity contribution in [1.82, 2.24) is 4.98 Å². The zero-order valence-corrected chi connectivity index (χ0v) is 13.1. The molecule has 0 unspecified atom stereocenters. The number of nitrogens with one attached hydrogen (secondary N) is 2. The molecular weight excluding hydrogens is 288 g/mol. The number of hydrogen-bond donors (Lipinski definition) is 2. The van der Waals surface area contributed by atoms with Crippen molar-refractivity contribution in [1.29, 1.82) is 0 Å². The number of para-hydroxylation sites is 2. The number of H-pyrrole nitrogens is 1. The number of fused-ring (bicyclic) bond motifs is 1. The highest BCUT2D eigenvalue weighted by molar-refractivity contribution is 6.06. The van der Waals surface area contributed by atoms with Gasteiger partial charge in [-0.05, 0) is 29.7 Å². The van der Waals surface area contributed by atoms with Crippen LogP contribution in [0, 0.1) is 0 Å². The van der Waals surface area contributed by atoms with Gasteiger partial charge in [0.1, 0.15) is 5.56 Å². The van der Waals surface area contributed by atoms with Crippen molar-refractivity contribution < 1.29 is 4.79 Å². The van der Waals surface area contributed by atoms with Crippen LogP contribution in [0.1, 0.15) is 35.7 Å². The minimum Gasteiger partial charge on any atom is -0.360 e. The Labute approximate surface area is 134 Å². The van der Waals surface area contributed by atoms with Crippen molar-refractivity contribution in [2.75, 3.05) is 5.32 Å². The van der Waals surface area contributed by atoms with Crippen molar-refractivity contribution in [3.05, 3.63) is 76.1 Å². The molecule has 1 aromatic heterocycles. The second-order valence-electron chi connectivity index (χ2n) is 5.77. The molecule has 116 valence electrons. The van der Waals surface area contributed by atoms with E-state index in [9.17, 15) is 9.59 Å². The van der Waals surface area contributed by atoms with Crippen LogP contribution >= 0.6 is 0 Å². The molecule has 1 amide bonds. The normalized spacial score (nSPS) is 10.9. The molecule has 0 fully saturated rings. The number of benzene rings is 2. The van der Waals surface area contributed by atoms with Crippen LogP contribution in [-0.2, 0) is 0 Å². The molecule has 3 aromatic rings. The molecule has 23 heavy (non-hydrogen) atoms. The largest absolute Gasteiger partial charge is 0.360 e. The summed E-state index contributed by atoms with van der Waals surface area (Å²) in [7, 11) is 0. The Bertz CT molecular complexity index is 926. The van der Waals surface area contributed by atoms with E-state index in [2.05, 4.69) is 24.1 Å². The monoisotopic (exact) mass is 306 g/mol. The molecule has 3 rings (SSSR count). The van der Waals surface area contributed by atoms with Gasteiger partial charge in [0.05, 0.1) is 0 Å². The van der Waals surface area contributed by atoms with E-state index >= 15 is 0 Å². The summed E-state index contributed by atoms with van der Waals surface area (Å²) in [6.07, 6.45) is 1.47. The minimum atomic E-state index is -0.398. The van der Waals surface area contributed by atoms with E-state index in [1.54, 1.807) is 12.1 Å². The van der Waals surface area contributed by atoms with Crippen LogP contribution in [0.25, 0.3) is 10.9 Å². The number of aromatic amines is 1. The van der Waals surface area contributed by atoms with Gasteiger partial charge in [-0.25, -0.2) is 0 Å². The van der Waals surface area contributed by atoms with Gasteiger partial charge in [0, 0.05) is 22.8 Å². The number of amides is 1. The van der Waals surface area contributed by atoms with E-state index in [1.807, 2.05) is 36.4 Å². The highest BCUT2D eigenvalue weighted by Gasteiger charge is 2.15. The second-order valence-corrected chi connectivity index (χ2v) is 5.77. The summed E-state index contributed by atoms with van der Waals surface area (Å²) >= 11 is 0. The third kappa shape index (κ3) is 2.88. The molecule has 2 aromatic carbocycles. The molecule has 0 bridgehead atoms. The first-order valence-electron chi connectivity index (χ1n) is 7.58. The van der Waals surface area contributed by atoms with E-state index in [0.717, 1.165) is 16.8 Å². The predicted molar refractivity (Wildman–Crippen MR) is 93.1 cm³/mol. The third-order valence-electron chi connectivity index (χ3n) is 3.86. The lowest BCUT2D eigenvalue weighted by Gasteiger charge is -2.13. The first-order chi connectivity index (χ1) is 11.1. The summed E-state index contributed by atoms with van der Waals surface area (Å²) in [6.45, 7) is 4.13. The van der Waals surface area contributed by atoms with Crippen molar-refractivity contribution in [2.24, 2.45) is 0 Å². The quantitative estimate of drug-likeness (QED) is 0.771. The molecule has 0 atom stereocenters. The van der Waals surface area contributed by atoms with Gasteiger partial charge in [-0.1, -0.05) is 44.2 Å². The van der Waals surface area contributed by atoms with Crippen molar-refractivity contribution in [3.63, 3.8) is 0 Å². The Morgan fingerprint density at radius 2 is 1.74 bits per heavy atom. The zero-order chi connectivity index (χ0) is 16.4. The van der Waals surface area contributed by atoms with Gasteiger partial charge in [0.25, 0.3) is 5.91 Å². The molecule has 0 aliphatic carbocycles. The second kappa shape index (κ2) is 6.08. The average Bonchev–Trinajstić information content (AvgIpc) is 2.55. The summed E-state index contributed by atoms with van der Waals surface area (Å²) in [5.74, 6) is -0.119. The Morgan fingerprint density at radius 1 is 1.04 bits per heavy atom. The van der Waals surface area contributed by atoms with Crippen LogP contribution in [0.4, 0.5) is 5.69 Å². The van der Waals surface area contributed by atoms with Gasteiger partial charge in [0.15, 0.2) is 0 Å². The Balaban J connectivity index is 1.99. The number of pyridine rings is 1. The van der Waals surface area contributed by atoms with Crippen LogP contribution in [0.5, 0.6) is 0 Å². The van der Waals surface area contributed by atoms with E-state index < -0.39 is 5.91 Å². The molecule has 4 nitrogen and oxygen atoms in total. The number of carbonyl (C=O) groups is 1. The molecule has 0 saturated heterocycles. The van der Waals surface area contributed by atoms with Crippen LogP contribution in [0.15, 0.2) is 59.5 Å². The van der Waals surface area contributed by atoms with Crippen molar-refractivity contribution >= 4 is 22.5 Å². The molecule has 0 spiro atoms. The smallest absolute Gasteiger partial charge is 0.261 e. The zero-order valence-electron chi connectivity index (χ0n) is 13.1. The Hall–Kier alpha value is -2.88. The maximum Gasteiger partial charge on any atom is 0.261 e. The first kappa shape index (κ1) is 15.0. The molecular formula is C19H18N2O2. The fraction of sp³-hybridized carbons (Fsp3) is 0.158. The maximum atomic E-state index is 12.5. The molecule has 0 radical (unpaired) electrons. The van der Waals surface area contributed by atoms with Gasteiger partial charge in [-0.2, -0.15) is 0 Å². The molecule has 2 N–H and O–H groups in total. The summed E-state index contributed by atoms with van der Waals surface area (Å²) in [5, 5.41) is 3.37. The molecule has 0 aliphatic heterocycles. The third-order valence-corrected chi connectivity index (χ3v) is 3.86. The lowest BCUT2D eigenvalue weighted by Crippen LogP contribution is -2.22. The number of aromatic nitrogens is 1.